The molecule has 0 unspecified atom stereocenters. The summed E-state index contributed by atoms with van der Waals surface area (Å²) in [6.07, 6.45) is 0. The summed E-state index contributed by atoms with van der Waals surface area (Å²) in [6.45, 7) is 0. The van der Waals surface area contributed by atoms with Crippen molar-refractivity contribution < 1.29 is 18.7 Å². The highest BCUT2D eigenvalue weighted by molar-refractivity contribution is 7.98. The van der Waals surface area contributed by atoms with Gasteiger partial charge in [0.25, 0.3) is 0 Å². The maximum atomic E-state index is 15.2. The molecule has 0 heterocycles. The lowest BCUT2D eigenvalue weighted by Crippen LogP contribution is -2.10. The molecule has 3 N–H and O–H groups in total. The van der Waals surface area contributed by atoms with E-state index in [9.17, 15) is 4.79 Å². The number of carbonyl (C=O) groups is 1. The lowest BCUT2D eigenvalue weighted by molar-refractivity contribution is 0.0601. The van der Waals surface area contributed by atoms with Crippen LogP contribution in [0.1, 0.15) is 15.9 Å². The molecule has 0 spiro atoms. The fourth-order valence-electron chi connectivity index (χ4n) is 2.73. The van der Waals surface area contributed by atoms with E-state index in [4.69, 9.17) is 26.8 Å². The quantitative estimate of drug-likeness (QED) is 0.268. The van der Waals surface area contributed by atoms with Gasteiger partial charge in [-0.05, 0) is 35.9 Å². The minimum atomic E-state index is -0.741. The maximum Gasteiger partial charge on any atom is 0.340 e. The first-order valence-electron chi connectivity index (χ1n) is 8.92. The van der Waals surface area contributed by atoms with Crippen molar-refractivity contribution in [3.05, 3.63) is 76.6 Å². The van der Waals surface area contributed by atoms with Crippen LogP contribution in [0.15, 0.2) is 59.5 Å². The van der Waals surface area contributed by atoms with E-state index in [1.165, 1.54) is 24.9 Å². The van der Waals surface area contributed by atoms with Crippen LogP contribution >= 0.6 is 23.4 Å². The third-order valence-electron chi connectivity index (χ3n) is 4.36. The first kappa shape index (κ1) is 21.8. The van der Waals surface area contributed by atoms with Crippen molar-refractivity contribution in [3.8, 4) is 5.75 Å². The van der Waals surface area contributed by atoms with Gasteiger partial charge in [-0.15, -0.1) is 11.8 Å². The molecule has 3 aromatic carbocycles. The fourth-order valence-corrected chi connectivity index (χ4v) is 3.88. The predicted octanol–water partition coefficient (Wildman–Crippen LogP) is 5.89. The van der Waals surface area contributed by atoms with Gasteiger partial charge in [0.1, 0.15) is 5.75 Å². The SMILES string of the molecule is COC(=O)c1cc(SCc2ccc(OC)cc2)c(N)c(F)c1Nc1ccccc1Cl. The number of hydrogen-bond acceptors (Lipinski definition) is 6. The second-order valence-corrected chi connectivity index (χ2v) is 7.68. The molecule has 0 amide bonds. The van der Waals surface area contributed by atoms with Crippen molar-refractivity contribution in [1.82, 2.24) is 0 Å². The molecule has 0 atom stereocenters. The average Bonchev–Trinajstić information content (AvgIpc) is 2.77. The number of nitrogens with two attached hydrogens (primary N) is 1. The molecule has 0 bridgehead atoms. The van der Waals surface area contributed by atoms with Crippen LogP contribution in [0.5, 0.6) is 5.75 Å². The topological polar surface area (TPSA) is 73.6 Å². The van der Waals surface area contributed by atoms with Crippen LogP contribution in [0.4, 0.5) is 21.5 Å². The number of anilines is 3. The predicted molar refractivity (Wildman–Crippen MR) is 119 cm³/mol. The van der Waals surface area contributed by atoms with Crippen LogP contribution in [0, 0.1) is 5.82 Å². The van der Waals surface area contributed by atoms with Gasteiger partial charge in [-0.2, -0.15) is 0 Å². The molecule has 0 aliphatic heterocycles. The van der Waals surface area contributed by atoms with Crippen LogP contribution in [0.2, 0.25) is 5.02 Å². The number of benzene rings is 3. The standard InChI is InChI=1S/C22H20ClFN2O3S/c1-28-14-9-7-13(8-10-14)12-30-18-11-15(22(27)29-2)21(19(24)20(18)25)26-17-6-4-3-5-16(17)23/h3-11,26H,12,25H2,1-2H3. The average molecular weight is 447 g/mol. The molecular formula is C22H20ClFN2O3S. The Morgan fingerprint density at radius 2 is 1.87 bits per heavy atom. The highest BCUT2D eigenvalue weighted by Gasteiger charge is 2.22. The first-order valence-corrected chi connectivity index (χ1v) is 10.3. The Kier molecular flexibility index (Phi) is 7.07. The van der Waals surface area contributed by atoms with E-state index in [0.29, 0.717) is 21.4 Å². The lowest BCUT2D eigenvalue weighted by atomic mass is 10.1. The smallest absolute Gasteiger partial charge is 0.340 e. The summed E-state index contributed by atoms with van der Waals surface area (Å²) in [4.78, 5) is 12.8. The molecule has 0 fully saturated rings. The van der Waals surface area contributed by atoms with Crippen LogP contribution < -0.4 is 15.8 Å². The van der Waals surface area contributed by atoms with Crippen LogP contribution in [-0.4, -0.2) is 20.2 Å². The molecule has 0 aromatic heterocycles. The molecule has 0 radical (unpaired) electrons. The van der Waals surface area contributed by atoms with Crippen molar-refractivity contribution in [2.24, 2.45) is 0 Å². The summed E-state index contributed by atoms with van der Waals surface area (Å²) in [7, 11) is 2.83. The minimum Gasteiger partial charge on any atom is -0.497 e. The molecule has 3 aromatic rings. The van der Waals surface area contributed by atoms with Gasteiger partial charge in [0.15, 0.2) is 5.82 Å². The van der Waals surface area contributed by atoms with E-state index in [1.807, 2.05) is 24.3 Å². The zero-order chi connectivity index (χ0) is 21.7. The number of methoxy groups -OCH3 is 2. The maximum absolute atomic E-state index is 15.2. The third-order valence-corrected chi connectivity index (χ3v) is 5.81. The minimum absolute atomic E-state index is 0.0290. The van der Waals surface area contributed by atoms with E-state index in [2.05, 4.69) is 5.32 Å². The fraction of sp³-hybridized carbons (Fsp3) is 0.136. The Morgan fingerprint density at radius 1 is 1.17 bits per heavy atom. The second kappa shape index (κ2) is 9.73. The van der Waals surface area contributed by atoms with Gasteiger partial charge in [-0.1, -0.05) is 35.9 Å². The Morgan fingerprint density at radius 3 is 2.50 bits per heavy atom. The van der Waals surface area contributed by atoms with E-state index >= 15 is 4.39 Å². The molecule has 0 aliphatic rings. The summed E-state index contributed by atoms with van der Waals surface area (Å²) in [5.41, 5.74) is 7.39. The van der Waals surface area contributed by atoms with Crippen molar-refractivity contribution in [3.63, 3.8) is 0 Å². The number of para-hydroxylation sites is 1. The van der Waals surface area contributed by atoms with Crippen LogP contribution in [-0.2, 0) is 10.5 Å². The van der Waals surface area contributed by atoms with Crippen molar-refractivity contribution in [2.45, 2.75) is 10.6 Å². The monoisotopic (exact) mass is 446 g/mol. The van der Waals surface area contributed by atoms with E-state index < -0.39 is 11.8 Å². The first-order chi connectivity index (χ1) is 14.4. The van der Waals surface area contributed by atoms with Gasteiger partial charge < -0.3 is 20.5 Å². The van der Waals surface area contributed by atoms with Crippen molar-refractivity contribution >= 4 is 46.4 Å². The van der Waals surface area contributed by atoms with Crippen LogP contribution in [0.25, 0.3) is 0 Å². The number of carbonyl (C=O) groups excluding carboxylic acids is 1. The summed E-state index contributed by atoms with van der Waals surface area (Å²) in [5, 5.41) is 3.25. The molecule has 0 saturated heterocycles. The normalized spacial score (nSPS) is 10.5. The molecule has 0 saturated carbocycles. The zero-order valence-electron chi connectivity index (χ0n) is 16.4. The van der Waals surface area contributed by atoms with Gasteiger partial charge in [0.2, 0.25) is 0 Å². The van der Waals surface area contributed by atoms with E-state index in [0.717, 1.165) is 11.3 Å². The van der Waals surface area contributed by atoms with Crippen LogP contribution in [0.3, 0.4) is 0 Å². The van der Waals surface area contributed by atoms with Gasteiger partial charge >= 0.3 is 5.97 Å². The highest BCUT2D eigenvalue weighted by Crippen LogP contribution is 2.38. The Hall–Kier alpha value is -2.90. The number of thioether (sulfide) groups is 1. The van der Waals surface area contributed by atoms with Gasteiger partial charge in [0.05, 0.1) is 41.9 Å². The summed E-state index contributed by atoms with van der Waals surface area (Å²) in [5.74, 6) is -0.145. The highest BCUT2D eigenvalue weighted by atomic mass is 35.5. The largest absolute Gasteiger partial charge is 0.497 e. The molecule has 30 heavy (non-hydrogen) atoms. The number of halogens is 2. The number of rotatable bonds is 7. The summed E-state index contributed by atoms with van der Waals surface area (Å²) in [6, 6.07) is 15.8. The number of nitrogen functional groups attached to an aromatic ring is 1. The molecule has 3 rings (SSSR count). The second-order valence-electron chi connectivity index (χ2n) is 6.26. The lowest BCUT2D eigenvalue weighted by Gasteiger charge is -2.17. The molecule has 5 nitrogen and oxygen atoms in total. The number of esters is 1. The molecule has 8 heteroatoms. The number of hydrogen-bond donors (Lipinski definition) is 2. The van der Waals surface area contributed by atoms with E-state index in [-0.39, 0.29) is 16.9 Å². The molecule has 0 aliphatic carbocycles. The molecular weight excluding hydrogens is 427 g/mol. The zero-order valence-corrected chi connectivity index (χ0v) is 17.9. The molecule has 156 valence electrons. The van der Waals surface area contributed by atoms with Crippen molar-refractivity contribution in [2.75, 3.05) is 25.3 Å². The summed E-state index contributed by atoms with van der Waals surface area (Å²) < 4.78 is 25.2. The van der Waals surface area contributed by atoms with Crippen molar-refractivity contribution in [1.29, 1.82) is 0 Å². The summed E-state index contributed by atoms with van der Waals surface area (Å²) >= 11 is 7.48. The number of nitrogens with one attached hydrogen (secondary N) is 1. The van der Waals surface area contributed by atoms with Gasteiger partial charge in [-0.3, -0.25) is 0 Å². The Labute approximate surface area is 183 Å². The van der Waals surface area contributed by atoms with Gasteiger partial charge in [0, 0.05) is 10.6 Å². The van der Waals surface area contributed by atoms with Gasteiger partial charge in [-0.25, -0.2) is 9.18 Å². The Balaban J connectivity index is 1.94. The Bertz CT molecular complexity index is 1060. The third kappa shape index (κ3) is 4.80. The van der Waals surface area contributed by atoms with E-state index in [1.54, 1.807) is 31.4 Å². The number of ether oxygens (including phenoxy) is 2.